The summed E-state index contributed by atoms with van der Waals surface area (Å²) >= 11 is 6.27. The van der Waals surface area contributed by atoms with Crippen molar-refractivity contribution >= 4 is 28.4 Å². The van der Waals surface area contributed by atoms with Gasteiger partial charge in [-0.25, -0.2) is 4.98 Å². The SMILES string of the molecule is NC(=O)c1ccc2c(Cl)cc(-c3cccnc3)nc2c1. The Kier molecular flexibility index (Phi) is 3.08. The van der Waals surface area contributed by atoms with Crippen LogP contribution in [0.25, 0.3) is 22.2 Å². The average Bonchev–Trinajstić information content (AvgIpc) is 2.47. The molecule has 5 heteroatoms. The number of hydrogen-bond acceptors (Lipinski definition) is 3. The number of primary amides is 1. The molecule has 0 radical (unpaired) electrons. The van der Waals surface area contributed by atoms with E-state index in [4.69, 9.17) is 17.3 Å². The van der Waals surface area contributed by atoms with Crippen LogP contribution < -0.4 is 5.73 Å². The van der Waals surface area contributed by atoms with Crippen LogP contribution in [-0.4, -0.2) is 15.9 Å². The van der Waals surface area contributed by atoms with Gasteiger partial charge in [0.15, 0.2) is 0 Å². The number of halogens is 1. The summed E-state index contributed by atoms with van der Waals surface area (Å²) in [6.45, 7) is 0. The van der Waals surface area contributed by atoms with Gasteiger partial charge in [0.1, 0.15) is 0 Å². The number of fused-ring (bicyclic) bond motifs is 1. The molecule has 1 amide bonds. The van der Waals surface area contributed by atoms with Gasteiger partial charge in [0.25, 0.3) is 0 Å². The van der Waals surface area contributed by atoms with Gasteiger partial charge in [-0.05, 0) is 30.3 Å². The highest BCUT2D eigenvalue weighted by Crippen LogP contribution is 2.28. The average molecular weight is 284 g/mol. The first-order valence-electron chi connectivity index (χ1n) is 5.95. The summed E-state index contributed by atoms with van der Waals surface area (Å²) in [6, 6.07) is 10.5. The summed E-state index contributed by atoms with van der Waals surface area (Å²) < 4.78 is 0. The number of pyridine rings is 2. The molecule has 2 heterocycles. The number of nitrogens with zero attached hydrogens (tertiary/aromatic N) is 2. The van der Waals surface area contributed by atoms with Gasteiger partial charge >= 0.3 is 0 Å². The highest BCUT2D eigenvalue weighted by molar-refractivity contribution is 6.35. The normalized spacial score (nSPS) is 10.7. The molecule has 0 aliphatic carbocycles. The smallest absolute Gasteiger partial charge is 0.248 e. The van der Waals surface area contributed by atoms with Crippen LogP contribution in [-0.2, 0) is 0 Å². The zero-order valence-corrected chi connectivity index (χ0v) is 11.1. The largest absolute Gasteiger partial charge is 0.366 e. The van der Waals surface area contributed by atoms with Gasteiger partial charge in [-0.1, -0.05) is 17.7 Å². The molecule has 3 aromatic rings. The lowest BCUT2D eigenvalue weighted by molar-refractivity contribution is 0.100. The third kappa shape index (κ3) is 2.21. The van der Waals surface area contributed by atoms with Crippen LogP contribution in [0.3, 0.4) is 0 Å². The van der Waals surface area contributed by atoms with Crippen molar-refractivity contribution < 1.29 is 4.79 Å². The second-order valence-corrected chi connectivity index (χ2v) is 4.73. The molecular formula is C15H10ClN3O. The summed E-state index contributed by atoms with van der Waals surface area (Å²) in [5.74, 6) is -0.489. The molecule has 3 rings (SSSR count). The van der Waals surface area contributed by atoms with Crippen molar-refractivity contribution in [2.45, 2.75) is 0 Å². The van der Waals surface area contributed by atoms with Gasteiger partial charge in [-0.2, -0.15) is 0 Å². The zero-order chi connectivity index (χ0) is 14.1. The maximum atomic E-state index is 11.2. The first kappa shape index (κ1) is 12.6. The van der Waals surface area contributed by atoms with E-state index in [0.29, 0.717) is 21.8 Å². The monoisotopic (exact) mass is 283 g/mol. The van der Waals surface area contributed by atoms with Gasteiger partial charge < -0.3 is 5.73 Å². The van der Waals surface area contributed by atoms with Crippen molar-refractivity contribution in [3.63, 3.8) is 0 Å². The second kappa shape index (κ2) is 4.90. The molecule has 4 nitrogen and oxygen atoms in total. The van der Waals surface area contributed by atoms with Gasteiger partial charge in [0, 0.05) is 28.9 Å². The third-order valence-electron chi connectivity index (χ3n) is 3.00. The summed E-state index contributed by atoms with van der Waals surface area (Å²) in [5, 5.41) is 1.36. The fourth-order valence-electron chi connectivity index (χ4n) is 2.00. The quantitative estimate of drug-likeness (QED) is 0.786. The van der Waals surface area contributed by atoms with Gasteiger partial charge in [-0.3, -0.25) is 9.78 Å². The van der Waals surface area contributed by atoms with E-state index < -0.39 is 5.91 Å². The van der Waals surface area contributed by atoms with Crippen LogP contribution in [0, 0.1) is 0 Å². The first-order chi connectivity index (χ1) is 9.65. The summed E-state index contributed by atoms with van der Waals surface area (Å²) in [5.41, 5.74) is 7.89. The minimum atomic E-state index is -0.489. The molecule has 0 fully saturated rings. The van der Waals surface area contributed by atoms with E-state index in [1.807, 2.05) is 12.1 Å². The molecule has 2 N–H and O–H groups in total. The Morgan fingerprint density at radius 3 is 2.75 bits per heavy atom. The maximum absolute atomic E-state index is 11.2. The van der Waals surface area contributed by atoms with Crippen molar-refractivity contribution in [3.8, 4) is 11.3 Å². The molecule has 2 aromatic heterocycles. The molecule has 1 aromatic carbocycles. The van der Waals surface area contributed by atoms with E-state index in [1.54, 1.807) is 36.7 Å². The Labute approximate surface area is 120 Å². The molecule has 20 heavy (non-hydrogen) atoms. The predicted octanol–water partition coefficient (Wildman–Crippen LogP) is 3.05. The summed E-state index contributed by atoms with van der Waals surface area (Å²) in [7, 11) is 0. The number of benzene rings is 1. The molecule has 0 saturated carbocycles. The molecule has 0 saturated heterocycles. The zero-order valence-electron chi connectivity index (χ0n) is 10.4. The molecule has 0 spiro atoms. The second-order valence-electron chi connectivity index (χ2n) is 4.33. The maximum Gasteiger partial charge on any atom is 0.248 e. The van der Waals surface area contributed by atoms with Crippen LogP contribution in [0.15, 0.2) is 48.8 Å². The number of amides is 1. The van der Waals surface area contributed by atoms with Crippen molar-refractivity contribution in [2.24, 2.45) is 5.73 Å². The highest BCUT2D eigenvalue weighted by atomic mass is 35.5. The van der Waals surface area contributed by atoms with Crippen molar-refractivity contribution in [1.29, 1.82) is 0 Å². The number of carbonyl (C=O) groups is 1. The fourth-order valence-corrected chi connectivity index (χ4v) is 2.26. The van der Waals surface area contributed by atoms with E-state index in [9.17, 15) is 4.79 Å². The van der Waals surface area contributed by atoms with Crippen LogP contribution >= 0.6 is 11.6 Å². The Morgan fingerprint density at radius 1 is 1.20 bits per heavy atom. The van der Waals surface area contributed by atoms with Crippen molar-refractivity contribution in [2.75, 3.05) is 0 Å². The lowest BCUT2D eigenvalue weighted by atomic mass is 10.1. The van der Waals surface area contributed by atoms with Crippen LogP contribution in [0.2, 0.25) is 5.02 Å². The van der Waals surface area contributed by atoms with E-state index in [0.717, 1.165) is 10.9 Å². The molecule has 0 unspecified atom stereocenters. The first-order valence-corrected chi connectivity index (χ1v) is 6.33. The molecular weight excluding hydrogens is 274 g/mol. The third-order valence-corrected chi connectivity index (χ3v) is 3.31. The van der Waals surface area contributed by atoms with E-state index in [-0.39, 0.29) is 0 Å². The van der Waals surface area contributed by atoms with Crippen LogP contribution in [0.4, 0.5) is 0 Å². The molecule has 0 aliphatic rings. The Balaban J connectivity index is 2.24. The number of aromatic nitrogens is 2. The van der Waals surface area contributed by atoms with Gasteiger partial charge in [0.05, 0.1) is 16.2 Å². The number of nitrogens with two attached hydrogens (primary N) is 1. The molecule has 0 bridgehead atoms. The molecule has 98 valence electrons. The highest BCUT2D eigenvalue weighted by Gasteiger charge is 2.08. The van der Waals surface area contributed by atoms with Crippen LogP contribution in [0.5, 0.6) is 0 Å². The lowest BCUT2D eigenvalue weighted by Crippen LogP contribution is -2.10. The Hall–Kier alpha value is -2.46. The minimum Gasteiger partial charge on any atom is -0.366 e. The minimum absolute atomic E-state index is 0.407. The van der Waals surface area contributed by atoms with E-state index in [2.05, 4.69) is 9.97 Å². The number of hydrogen-bond donors (Lipinski definition) is 1. The molecule has 0 atom stereocenters. The summed E-state index contributed by atoms with van der Waals surface area (Å²) in [6.07, 6.45) is 3.40. The predicted molar refractivity (Wildman–Crippen MR) is 78.5 cm³/mol. The Bertz CT molecular complexity index is 803. The van der Waals surface area contributed by atoms with Crippen LogP contribution in [0.1, 0.15) is 10.4 Å². The Morgan fingerprint density at radius 2 is 2.05 bits per heavy atom. The van der Waals surface area contributed by atoms with Crippen molar-refractivity contribution in [3.05, 3.63) is 59.4 Å². The van der Waals surface area contributed by atoms with Crippen molar-refractivity contribution in [1.82, 2.24) is 9.97 Å². The van der Waals surface area contributed by atoms with E-state index in [1.165, 1.54) is 0 Å². The summed E-state index contributed by atoms with van der Waals surface area (Å²) in [4.78, 5) is 19.8. The fraction of sp³-hybridized carbons (Fsp3) is 0. The standard InChI is InChI=1S/C15H10ClN3O/c16-12-7-13(10-2-1-5-18-8-10)19-14-6-9(15(17)20)3-4-11(12)14/h1-8H,(H2,17,20). The van der Waals surface area contributed by atoms with Gasteiger partial charge in [-0.15, -0.1) is 0 Å². The lowest BCUT2D eigenvalue weighted by Gasteiger charge is -2.06. The van der Waals surface area contributed by atoms with Gasteiger partial charge in [0.2, 0.25) is 5.91 Å². The number of carbonyl (C=O) groups excluding carboxylic acids is 1. The topological polar surface area (TPSA) is 68.9 Å². The van der Waals surface area contributed by atoms with E-state index >= 15 is 0 Å². The number of rotatable bonds is 2. The molecule has 0 aliphatic heterocycles.